The first-order chi connectivity index (χ1) is 4.50. The summed E-state index contributed by atoms with van der Waals surface area (Å²) in [5.41, 5.74) is 1.76. The highest BCUT2D eigenvalue weighted by Gasteiger charge is 2.34. The molecule has 0 aromatic carbocycles. The van der Waals surface area contributed by atoms with Crippen LogP contribution in [-0.2, 0) is 9.63 Å². The number of carbonyl (C=O) groups is 1. The zero-order valence-electron chi connectivity index (χ0n) is 4.48. The molecule has 0 rings (SSSR count). The zero-order chi connectivity index (χ0) is 8.20. The van der Waals surface area contributed by atoms with Crippen molar-refractivity contribution in [3.63, 3.8) is 0 Å². The average Bonchev–Trinajstić information content (AvgIpc) is 1.84. The molecule has 0 bridgehead atoms. The second-order valence-electron chi connectivity index (χ2n) is 1.20. The number of nitrogens with one attached hydrogen (secondary N) is 1. The summed E-state index contributed by atoms with van der Waals surface area (Å²) in [6.07, 6.45) is 0.246. The molecule has 0 fully saturated rings. The van der Waals surface area contributed by atoms with E-state index in [1.165, 1.54) is 0 Å². The summed E-state index contributed by atoms with van der Waals surface area (Å²) in [5, 5.41) is 0. The first-order valence-electron chi connectivity index (χ1n) is 2.04. The third kappa shape index (κ3) is 3.68. The van der Waals surface area contributed by atoms with E-state index >= 15 is 0 Å². The van der Waals surface area contributed by atoms with Gasteiger partial charge in [0.15, 0.2) is 4.84 Å². The molecule has 1 amide bonds. The summed E-state index contributed by atoms with van der Waals surface area (Å²) in [6, 6.07) is 0. The summed E-state index contributed by atoms with van der Waals surface area (Å²) < 4.78 is -1.82. The third-order valence-electron chi connectivity index (χ3n) is 0.497. The average molecular weight is 227 g/mol. The Morgan fingerprint density at radius 1 is 1.50 bits per heavy atom. The SMILES string of the molecule is O=CNOC(Cl)(Cl)C(Cl)Cl. The topological polar surface area (TPSA) is 38.3 Å². The van der Waals surface area contributed by atoms with E-state index in [1.54, 1.807) is 5.48 Å². The van der Waals surface area contributed by atoms with Gasteiger partial charge >= 0.3 is 0 Å². The quantitative estimate of drug-likeness (QED) is 0.450. The Morgan fingerprint density at radius 2 is 2.00 bits per heavy atom. The van der Waals surface area contributed by atoms with Crippen molar-refractivity contribution in [1.29, 1.82) is 0 Å². The molecular formula is C3H3Cl4NO2. The molecular weight excluding hydrogens is 224 g/mol. The number of amides is 1. The number of halogens is 4. The van der Waals surface area contributed by atoms with Crippen LogP contribution in [0.4, 0.5) is 0 Å². The highest BCUT2D eigenvalue weighted by atomic mass is 35.5. The van der Waals surface area contributed by atoms with Gasteiger partial charge in [-0.3, -0.25) is 4.79 Å². The molecule has 0 aliphatic carbocycles. The molecule has 0 atom stereocenters. The van der Waals surface area contributed by atoms with E-state index in [9.17, 15) is 4.79 Å². The van der Waals surface area contributed by atoms with E-state index in [1.807, 2.05) is 0 Å². The molecule has 0 aliphatic heterocycles. The maximum atomic E-state index is 9.63. The van der Waals surface area contributed by atoms with Crippen molar-refractivity contribution >= 4 is 52.8 Å². The highest BCUT2D eigenvalue weighted by Crippen LogP contribution is 2.31. The van der Waals surface area contributed by atoms with E-state index in [4.69, 9.17) is 46.4 Å². The molecule has 0 aliphatic rings. The van der Waals surface area contributed by atoms with E-state index in [0.29, 0.717) is 0 Å². The van der Waals surface area contributed by atoms with E-state index in [2.05, 4.69) is 4.84 Å². The first kappa shape index (κ1) is 10.6. The first-order valence-corrected chi connectivity index (χ1v) is 3.66. The van der Waals surface area contributed by atoms with Crippen LogP contribution in [0.15, 0.2) is 0 Å². The number of rotatable bonds is 4. The van der Waals surface area contributed by atoms with Gasteiger partial charge in [-0.15, -0.1) is 0 Å². The van der Waals surface area contributed by atoms with Crippen LogP contribution in [0, 0.1) is 0 Å². The van der Waals surface area contributed by atoms with Crippen molar-refractivity contribution < 1.29 is 9.63 Å². The van der Waals surface area contributed by atoms with Crippen molar-refractivity contribution in [1.82, 2.24) is 5.48 Å². The summed E-state index contributed by atoms with van der Waals surface area (Å²) in [4.78, 5) is 12.8. The Bertz CT molecular complexity index is 117. The van der Waals surface area contributed by atoms with Gasteiger partial charge in [-0.2, -0.15) is 0 Å². The number of alkyl halides is 4. The van der Waals surface area contributed by atoms with Gasteiger partial charge in [-0.1, -0.05) is 46.4 Å². The second-order valence-corrected chi connectivity index (χ2v) is 3.61. The molecule has 0 aromatic heterocycles. The fraction of sp³-hybridized carbons (Fsp3) is 0.667. The minimum absolute atomic E-state index is 0.246. The molecule has 7 heteroatoms. The minimum atomic E-state index is -1.82. The zero-order valence-corrected chi connectivity index (χ0v) is 7.51. The van der Waals surface area contributed by atoms with Crippen molar-refractivity contribution in [3.05, 3.63) is 0 Å². The van der Waals surface area contributed by atoms with Crippen LogP contribution in [0.3, 0.4) is 0 Å². The predicted octanol–water partition coefficient (Wildman–Crippen LogP) is 1.60. The summed E-state index contributed by atoms with van der Waals surface area (Å²) in [7, 11) is 0. The lowest BCUT2D eigenvalue weighted by molar-refractivity contribution is -0.123. The van der Waals surface area contributed by atoms with Gasteiger partial charge < -0.3 is 0 Å². The van der Waals surface area contributed by atoms with Crippen LogP contribution in [-0.4, -0.2) is 15.8 Å². The van der Waals surface area contributed by atoms with Crippen LogP contribution in [0.25, 0.3) is 0 Å². The van der Waals surface area contributed by atoms with Crippen molar-refractivity contribution in [2.75, 3.05) is 0 Å². The maximum Gasteiger partial charge on any atom is 0.272 e. The molecule has 60 valence electrons. The van der Waals surface area contributed by atoms with Crippen LogP contribution in [0.5, 0.6) is 0 Å². The lowest BCUT2D eigenvalue weighted by atomic mass is 10.8. The summed E-state index contributed by atoms with van der Waals surface area (Å²) in [6.45, 7) is 0. The number of hydrogen-bond acceptors (Lipinski definition) is 2. The Kier molecular flexibility index (Phi) is 4.73. The van der Waals surface area contributed by atoms with Gasteiger partial charge in [0, 0.05) is 0 Å². The van der Waals surface area contributed by atoms with Gasteiger partial charge in [0.1, 0.15) is 0 Å². The standard InChI is InChI=1S/C3H3Cl4NO2/c4-2(5)3(6,7)10-8-1-9/h1-2H,(H,8,9). The van der Waals surface area contributed by atoms with Crippen molar-refractivity contribution in [2.24, 2.45) is 0 Å². The highest BCUT2D eigenvalue weighted by molar-refractivity contribution is 6.58. The van der Waals surface area contributed by atoms with Crippen LogP contribution in [0.2, 0.25) is 0 Å². The molecule has 10 heavy (non-hydrogen) atoms. The Labute approximate surface area is 77.5 Å². The lowest BCUT2D eigenvalue weighted by Gasteiger charge is -2.18. The molecule has 1 N–H and O–H groups in total. The number of carbonyl (C=O) groups excluding carboxylic acids is 1. The molecule has 0 radical (unpaired) electrons. The van der Waals surface area contributed by atoms with E-state index < -0.39 is 9.36 Å². The van der Waals surface area contributed by atoms with Crippen LogP contribution < -0.4 is 5.48 Å². The lowest BCUT2D eigenvalue weighted by Crippen LogP contribution is -2.32. The Hall–Kier alpha value is 0.590. The van der Waals surface area contributed by atoms with Gasteiger partial charge in [0.2, 0.25) is 6.41 Å². The normalized spacial score (nSPS) is 11.7. The molecule has 0 heterocycles. The number of hydroxylamine groups is 1. The maximum absolute atomic E-state index is 9.63. The van der Waals surface area contributed by atoms with Gasteiger partial charge in [0.25, 0.3) is 4.52 Å². The van der Waals surface area contributed by atoms with Crippen molar-refractivity contribution in [3.8, 4) is 0 Å². The molecule has 0 saturated heterocycles. The molecule has 3 nitrogen and oxygen atoms in total. The Balaban J connectivity index is 3.74. The summed E-state index contributed by atoms with van der Waals surface area (Å²) >= 11 is 21.1. The van der Waals surface area contributed by atoms with Crippen LogP contribution in [0.1, 0.15) is 0 Å². The van der Waals surface area contributed by atoms with E-state index in [0.717, 1.165) is 0 Å². The van der Waals surface area contributed by atoms with Gasteiger partial charge in [-0.05, 0) is 0 Å². The molecule has 0 saturated carbocycles. The van der Waals surface area contributed by atoms with Crippen LogP contribution >= 0.6 is 46.4 Å². The van der Waals surface area contributed by atoms with E-state index in [-0.39, 0.29) is 6.41 Å². The monoisotopic (exact) mass is 225 g/mol. The van der Waals surface area contributed by atoms with Gasteiger partial charge in [-0.25, -0.2) is 10.3 Å². The summed E-state index contributed by atoms with van der Waals surface area (Å²) in [5.74, 6) is 0. The minimum Gasteiger partial charge on any atom is -0.277 e. The largest absolute Gasteiger partial charge is 0.277 e. The number of hydrogen-bond donors (Lipinski definition) is 1. The third-order valence-corrected chi connectivity index (χ3v) is 2.15. The fourth-order valence-corrected chi connectivity index (χ4v) is 0.325. The fourth-order valence-electron chi connectivity index (χ4n) is 0.147. The van der Waals surface area contributed by atoms with Crippen molar-refractivity contribution in [2.45, 2.75) is 9.36 Å². The molecule has 0 spiro atoms. The van der Waals surface area contributed by atoms with Gasteiger partial charge in [0.05, 0.1) is 0 Å². The Morgan fingerprint density at radius 3 is 2.30 bits per heavy atom. The second kappa shape index (κ2) is 4.46. The molecule has 0 aromatic rings. The molecule has 0 unspecified atom stereocenters. The predicted molar refractivity (Wildman–Crippen MR) is 40.2 cm³/mol. The smallest absolute Gasteiger partial charge is 0.272 e.